The molecule has 1 aliphatic heterocycles. The smallest absolute Gasteiger partial charge is 0.306 e. The lowest BCUT2D eigenvalue weighted by Crippen LogP contribution is -2.59. The monoisotopic (exact) mass is 881 g/mol. The zero-order chi connectivity index (χ0) is 45.0. The highest BCUT2D eigenvalue weighted by Gasteiger charge is 2.44. The van der Waals surface area contributed by atoms with Crippen LogP contribution in [0.3, 0.4) is 0 Å². The molecule has 1 saturated heterocycles. The van der Waals surface area contributed by atoms with E-state index in [0.29, 0.717) is 13.0 Å². The van der Waals surface area contributed by atoms with Crippen LogP contribution in [0.4, 0.5) is 0 Å². The molecule has 0 spiro atoms. The fraction of sp³-hybridized carbons (Fsp3) is 0.906. The van der Waals surface area contributed by atoms with Crippen molar-refractivity contribution in [3.63, 3.8) is 0 Å². The predicted molar refractivity (Wildman–Crippen MR) is 256 cm³/mol. The molecule has 0 radical (unpaired) electrons. The van der Waals surface area contributed by atoms with E-state index < -0.39 is 43.4 Å². The van der Waals surface area contributed by atoms with Gasteiger partial charge < -0.3 is 39.4 Å². The van der Waals surface area contributed by atoms with E-state index in [2.05, 4.69) is 38.2 Å². The second-order valence-corrected chi connectivity index (χ2v) is 18.3. The van der Waals surface area contributed by atoms with Crippen LogP contribution >= 0.6 is 0 Å². The molecular weight excluding hydrogens is 781 g/mol. The van der Waals surface area contributed by atoms with Crippen LogP contribution in [0.15, 0.2) is 24.3 Å². The lowest BCUT2D eigenvalue weighted by atomic mass is 9.99. The van der Waals surface area contributed by atoms with Crippen LogP contribution in [-0.2, 0) is 23.7 Å². The summed E-state index contributed by atoms with van der Waals surface area (Å²) in [4.78, 5) is 12.8. The molecule has 1 aliphatic rings. The van der Waals surface area contributed by atoms with Crippen LogP contribution in [0.5, 0.6) is 0 Å². The van der Waals surface area contributed by atoms with Gasteiger partial charge in [0.15, 0.2) is 6.29 Å². The van der Waals surface area contributed by atoms with E-state index in [1.807, 2.05) is 0 Å². The van der Waals surface area contributed by atoms with Crippen molar-refractivity contribution in [2.75, 3.05) is 26.4 Å². The van der Waals surface area contributed by atoms with Gasteiger partial charge in [-0.1, -0.05) is 199 Å². The highest BCUT2D eigenvalue weighted by atomic mass is 16.7. The number of allylic oxidation sites excluding steroid dienone is 4. The van der Waals surface area contributed by atoms with Crippen LogP contribution in [0, 0.1) is 0 Å². The minimum Gasteiger partial charge on any atom is -0.457 e. The molecule has 0 aromatic carbocycles. The van der Waals surface area contributed by atoms with Crippen LogP contribution < -0.4 is 0 Å². The van der Waals surface area contributed by atoms with Gasteiger partial charge in [0.25, 0.3) is 0 Å². The first-order chi connectivity index (χ1) is 30.4. The van der Waals surface area contributed by atoms with Gasteiger partial charge in [-0.2, -0.15) is 0 Å². The van der Waals surface area contributed by atoms with Crippen molar-refractivity contribution >= 4 is 5.97 Å². The number of hydrogen-bond acceptors (Lipinski definition) is 9. The normalized spacial score (nSPS) is 19.9. The molecule has 9 heteroatoms. The van der Waals surface area contributed by atoms with Crippen LogP contribution in [0.2, 0.25) is 0 Å². The number of hydrogen-bond donors (Lipinski definition) is 4. The maximum absolute atomic E-state index is 12.8. The highest BCUT2D eigenvalue weighted by molar-refractivity contribution is 5.69. The minimum atomic E-state index is -1.54. The first-order valence-electron chi connectivity index (χ1n) is 26.4. The number of rotatable bonds is 46. The number of aliphatic hydroxyl groups is 4. The molecule has 0 amide bonds. The van der Waals surface area contributed by atoms with E-state index in [9.17, 15) is 25.2 Å². The van der Waals surface area contributed by atoms with Crippen molar-refractivity contribution in [2.45, 2.75) is 282 Å². The van der Waals surface area contributed by atoms with Gasteiger partial charge in [0.2, 0.25) is 0 Å². The number of unbranched alkanes of at least 4 members (excludes halogenated alkanes) is 31. The molecule has 0 aliphatic carbocycles. The van der Waals surface area contributed by atoms with E-state index >= 15 is 0 Å². The maximum atomic E-state index is 12.8. The third kappa shape index (κ3) is 35.0. The Bertz CT molecular complexity index is 1000. The fourth-order valence-electron chi connectivity index (χ4n) is 8.19. The van der Waals surface area contributed by atoms with Crippen molar-refractivity contribution in [1.29, 1.82) is 0 Å². The molecule has 6 atom stereocenters. The molecule has 9 nitrogen and oxygen atoms in total. The van der Waals surface area contributed by atoms with Crippen LogP contribution in [0.1, 0.15) is 245 Å². The first-order valence-corrected chi connectivity index (χ1v) is 26.4. The molecular formula is C53H100O9. The summed E-state index contributed by atoms with van der Waals surface area (Å²) in [5.41, 5.74) is 0. The Balaban J connectivity index is 2.19. The van der Waals surface area contributed by atoms with Gasteiger partial charge in [-0.3, -0.25) is 4.79 Å². The van der Waals surface area contributed by atoms with Crippen molar-refractivity contribution in [2.24, 2.45) is 0 Å². The van der Waals surface area contributed by atoms with Crippen LogP contribution in [0.25, 0.3) is 0 Å². The minimum absolute atomic E-state index is 0.111. The topological polar surface area (TPSA) is 135 Å². The van der Waals surface area contributed by atoms with Gasteiger partial charge in [-0.15, -0.1) is 0 Å². The van der Waals surface area contributed by atoms with Gasteiger partial charge >= 0.3 is 5.97 Å². The Morgan fingerprint density at radius 3 is 1.31 bits per heavy atom. The SMILES string of the molecule is CCCCCCCC/C=C\CCCCCCCCCCCCOCC(COC1OC(CO)C(O)C(O)C1O)OC(=O)CCCCCCCCCCC/C=C\CCCCCCCC. The van der Waals surface area contributed by atoms with Crippen molar-refractivity contribution < 1.29 is 44.2 Å². The first kappa shape index (κ1) is 58.7. The number of ether oxygens (including phenoxy) is 4. The Labute approximate surface area is 381 Å². The fourth-order valence-corrected chi connectivity index (χ4v) is 8.19. The van der Waals surface area contributed by atoms with Gasteiger partial charge in [0.1, 0.15) is 30.5 Å². The van der Waals surface area contributed by atoms with Crippen molar-refractivity contribution in [3.8, 4) is 0 Å². The number of esters is 1. The summed E-state index contributed by atoms with van der Waals surface area (Å²) in [7, 11) is 0. The molecule has 4 N–H and O–H groups in total. The molecule has 0 saturated carbocycles. The molecule has 1 heterocycles. The summed E-state index contributed by atoms with van der Waals surface area (Å²) in [6.07, 6.45) is 46.4. The quantitative estimate of drug-likeness (QED) is 0.0268. The third-order valence-corrected chi connectivity index (χ3v) is 12.3. The zero-order valence-corrected chi connectivity index (χ0v) is 40.4. The number of carbonyl (C=O) groups excluding carboxylic acids is 1. The van der Waals surface area contributed by atoms with E-state index in [0.717, 1.165) is 32.1 Å². The van der Waals surface area contributed by atoms with E-state index in [1.165, 1.54) is 193 Å². The average Bonchev–Trinajstić information content (AvgIpc) is 3.27. The summed E-state index contributed by atoms with van der Waals surface area (Å²) in [6.45, 7) is 4.59. The molecule has 0 bridgehead atoms. The maximum Gasteiger partial charge on any atom is 0.306 e. The molecule has 62 heavy (non-hydrogen) atoms. The summed E-state index contributed by atoms with van der Waals surface area (Å²) in [6, 6.07) is 0. The molecule has 6 unspecified atom stereocenters. The Morgan fingerprint density at radius 1 is 0.500 bits per heavy atom. The molecule has 0 aromatic heterocycles. The van der Waals surface area contributed by atoms with Crippen LogP contribution in [-0.4, -0.2) is 89.6 Å². The van der Waals surface area contributed by atoms with E-state index in [4.69, 9.17) is 18.9 Å². The van der Waals surface area contributed by atoms with Crippen molar-refractivity contribution in [3.05, 3.63) is 24.3 Å². The third-order valence-electron chi connectivity index (χ3n) is 12.3. The predicted octanol–water partition coefficient (Wildman–Crippen LogP) is 12.9. The van der Waals surface area contributed by atoms with E-state index in [1.54, 1.807) is 0 Å². The van der Waals surface area contributed by atoms with Gasteiger partial charge in [-0.05, 0) is 64.2 Å². The second-order valence-electron chi connectivity index (χ2n) is 18.3. The molecule has 0 aromatic rings. The average molecular weight is 881 g/mol. The van der Waals surface area contributed by atoms with Gasteiger partial charge in [0, 0.05) is 13.0 Å². The molecule has 1 rings (SSSR count). The van der Waals surface area contributed by atoms with E-state index in [-0.39, 0.29) is 19.2 Å². The second kappa shape index (κ2) is 44.9. The van der Waals surface area contributed by atoms with Gasteiger partial charge in [-0.25, -0.2) is 0 Å². The lowest BCUT2D eigenvalue weighted by molar-refractivity contribution is -0.305. The Morgan fingerprint density at radius 2 is 0.887 bits per heavy atom. The standard InChI is InChI=1S/C53H100O9/c1-3-5-7-9-11-13-15-17-19-21-23-25-27-29-31-33-35-37-39-41-43-59-45-47(46-60-53-52(58)51(57)50(56)48(44-54)62-53)61-49(55)42-40-38-36-34-32-30-28-26-24-22-20-18-16-14-12-10-8-6-4-2/h17-20,47-48,50-54,56-58H,3-16,21-46H2,1-2H3/b19-17-,20-18-. The van der Waals surface area contributed by atoms with Gasteiger partial charge in [0.05, 0.1) is 19.8 Å². The number of aliphatic hydroxyl groups excluding tert-OH is 4. The zero-order valence-electron chi connectivity index (χ0n) is 40.4. The summed E-state index contributed by atoms with van der Waals surface area (Å²) in [5, 5.41) is 40.3. The molecule has 1 fully saturated rings. The number of carbonyl (C=O) groups is 1. The lowest BCUT2D eigenvalue weighted by Gasteiger charge is -2.39. The largest absolute Gasteiger partial charge is 0.457 e. The highest BCUT2D eigenvalue weighted by Crippen LogP contribution is 2.23. The summed E-state index contributed by atoms with van der Waals surface area (Å²) < 4.78 is 22.9. The summed E-state index contributed by atoms with van der Waals surface area (Å²) in [5.74, 6) is -0.312. The Kier molecular flexibility index (Phi) is 42.5. The Hall–Kier alpha value is -1.33. The van der Waals surface area contributed by atoms with Crippen molar-refractivity contribution in [1.82, 2.24) is 0 Å². The summed E-state index contributed by atoms with van der Waals surface area (Å²) >= 11 is 0. The molecule has 366 valence electrons.